The molecular formula is C11H9Br2FN4O2S. The molecule has 1 aromatic heterocycles. The molecule has 0 radical (unpaired) electrons. The summed E-state index contributed by atoms with van der Waals surface area (Å²) in [5.74, 6) is -0.711. The van der Waals surface area contributed by atoms with Gasteiger partial charge in [0.2, 0.25) is 0 Å². The summed E-state index contributed by atoms with van der Waals surface area (Å²) in [6, 6.07) is 2.24. The number of halogens is 3. The van der Waals surface area contributed by atoms with Gasteiger partial charge in [0, 0.05) is 11.3 Å². The van der Waals surface area contributed by atoms with E-state index in [-0.39, 0.29) is 26.6 Å². The quantitative estimate of drug-likeness (QED) is 0.716. The fourth-order valence-electron chi connectivity index (χ4n) is 1.55. The van der Waals surface area contributed by atoms with Gasteiger partial charge >= 0.3 is 0 Å². The molecule has 0 spiro atoms. The molecule has 3 N–H and O–H groups in total. The highest BCUT2D eigenvalue weighted by Gasteiger charge is 2.22. The van der Waals surface area contributed by atoms with Gasteiger partial charge in [-0.1, -0.05) is 0 Å². The molecule has 0 atom stereocenters. The van der Waals surface area contributed by atoms with Gasteiger partial charge in [0.05, 0.1) is 11.1 Å². The highest BCUT2D eigenvalue weighted by atomic mass is 79.9. The van der Waals surface area contributed by atoms with E-state index in [1.54, 1.807) is 0 Å². The second-order valence-electron chi connectivity index (χ2n) is 4.06. The van der Waals surface area contributed by atoms with E-state index < -0.39 is 15.8 Å². The van der Waals surface area contributed by atoms with Gasteiger partial charge in [0.25, 0.3) is 10.0 Å². The molecular weight excluding hydrogens is 431 g/mol. The van der Waals surface area contributed by atoms with Crippen LogP contribution < -0.4 is 10.5 Å². The number of aromatic nitrogens is 2. The molecule has 0 fully saturated rings. The van der Waals surface area contributed by atoms with Crippen LogP contribution in [0.2, 0.25) is 0 Å². The normalized spacial score (nSPS) is 11.4. The number of sulfonamides is 1. The number of hydrogen-bond acceptors (Lipinski definition) is 5. The largest absolute Gasteiger partial charge is 0.399 e. The number of nitrogens with two attached hydrogens (primary N) is 1. The number of nitrogens with one attached hydrogen (secondary N) is 1. The number of anilines is 2. The van der Waals surface area contributed by atoms with Crippen LogP contribution in [0.15, 0.2) is 32.4 Å². The lowest BCUT2D eigenvalue weighted by Crippen LogP contribution is -2.17. The molecule has 0 aliphatic heterocycles. The average molecular weight is 440 g/mol. The maximum atomic E-state index is 13.6. The van der Waals surface area contributed by atoms with Crippen molar-refractivity contribution in [2.75, 3.05) is 10.5 Å². The summed E-state index contributed by atoms with van der Waals surface area (Å²) in [6.45, 7) is 1.35. The van der Waals surface area contributed by atoms with Crippen LogP contribution in [0.4, 0.5) is 15.9 Å². The average Bonchev–Trinajstić information content (AvgIpc) is 2.37. The Morgan fingerprint density at radius 1 is 1.33 bits per heavy atom. The summed E-state index contributed by atoms with van der Waals surface area (Å²) in [4.78, 5) is 7.59. The van der Waals surface area contributed by atoms with Gasteiger partial charge in [-0.15, -0.1) is 0 Å². The zero-order valence-corrected chi connectivity index (χ0v) is 14.6. The molecule has 0 amide bonds. The first-order valence-electron chi connectivity index (χ1n) is 5.47. The SMILES string of the molecule is Cc1c(F)cc(N)cc1S(=O)(=O)Nc1ncc(Br)nc1Br. The van der Waals surface area contributed by atoms with E-state index in [9.17, 15) is 12.8 Å². The van der Waals surface area contributed by atoms with Gasteiger partial charge in [-0.3, -0.25) is 4.72 Å². The van der Waals surface area contributed by atoms with Crippen LogP contribution in [0.3, 0.4) is 0 Å². The van der Waals surface area contributed by atoms with E-state index in [1.807, 2.05) is 0 Å². The van der Waals surface area contributed by atoms with Crippen LogP contribution in [0, 0.1) is 12.7 Å². The van der Waals surface area contributed by atoms with Gasteiger partial charge in [0.1, 0.15) is 10.4 Å². The lowest BCUT2D eigenvalue weighted by molar-refractivity contribution is 0.591. The highest BCUT2D eigenvalue weighted by Crippen LogP contribution is 2.26. The first-order chi connectivity index (χ1) is 9.70. The Kier molecular flexibility index (Phi) is 4.49. The predicted octanol–water partition coefficient (Wildman–Crippen LogP) is 2.83. The Labute approximate surface area is 137 Å². The lowest BCUT2D eigenvalue weighted by atomic mass is 10.2. The number of rotatable bonds is 3. The minimum Gasteiger partial charge on any atom is -0.399 e. The Balaban J connectivity index is 2.48. The molecule has 2 rings (SSSR count). The van der Waals surface area contributed by atoms with Gasteiger partial charge < -0.3 is 5.73 Å². The number of benzene rings is 1. The second-order valence-corrected chi connectivity index (χ2v) is 7.28. The molecule has 0 saturated carbocycles. The first kappa shape index (κ1) is 16.1. The minimum absolute atomic E-state index is 0.0134. The van der Waals surface area contributed by atoms with Crippen molar-refractivity contribution in [3.63, 3.8) is 0 Å². The molecule has 6 nitrogen and oxygen atoms in total. The van der Waals surface area contributed by atoms with Gasteiger partial charge in [-0.25, -0.2) is 22.8 Å². The van der Waals surface area contributed by atoms with Gasteiger partial charge in [-0.2, -0.15) is 0 Å². The number of hydrogen-bond donors (Lipinski definition) is 2. The first-order valence-corrected chi connectivity index (χ1v) is 8.54. The van der Waals surface area contributed by atoms with Crippen LogP contribution in [0.5, 0.6) is 0 Å². The topological polar surface area (TPSA) is 98.0 Å². The molecule has 0 saturated heterocycles. The third kappa shape index (κ3) is 3.50. The van der Waals surface area contributed by atoms with E-state index in [2.05, 4.69) is 46.5 Å². The molecule has 10 heteroatoms. The van der Waals surface area contributed by atoms with Crippen molar-refractivity contribution in [2.24, 2.45) is 0 Å². The molecule has 1 aromatic carbocycles. The van der Waals surface area contributed by atoms with E-state index in [4.69, 9.17) is 5.73 Å². The summed E-state index contributed by atoms with van der Waals surface area (Å²) in [6.07, 6.45) is 1.33. The third-order valence-electron chi connectivity index (χ3n) is 2.54. The van der Waals surface area contributed by atoms with E-state index >= 15 is 0 Å². The van der Waals surface area contributed by atoms with Crippen LogP contribution in [-0.2, 0) is 10.0 Å². The summed E-state index contributed by atoms with van der Waals surface area (Å²) < 4.78 is 41.2. The third-order valence-corrected chi connectivity index (χ3v) is 4.94. The Hall–Kier alpha value is -1.26. The van der Waals surface area contributed by atoms with E-state index in [0.29, 0.717) is 4.60 Å². The van der Waals surface area contributed by atoms with Gasteiger partial charge in [0.15, 0.2) is 10.4 Å². The summed E-state index contributed by atoms with van der Waals surface area (Å²) in [5, 5.41) is 0. The van der Waals surface area contributed by atoms with Crippen molar-refractivity contribution in [1.82, 2.24) is 9.97 Å². The fraction of sp³-hybridized carbons (Fsp3) is 0.0909. The molecule has 0 unspecified atom stereocenters. The van der Waals surface area contributed by atoms with Crippen LogP contribution in [0.25, 0.3) is 0 Å². The van der Waals surface area contributed by atoms with Crippen LogP contribution in [-0.4, -0.2) is 18.4 Å². The molecule has 2 aromatic rings. The summed E-state index contributed by atoms with van der Waals surface area (Å²) in [5.41, 5.74) is 5.48. The zero-order chi connectivity index (χ0) is 15.8. The Bertz CT molecular complexity index is 814. The number of nitrogen functional groups attached to an aromatic ring is 1. The van der Waals surface area contributed by atoms with Gasteiger partial charge in [-0.05, 0) is 50.9 Å². The van der Waals surface area contributed by atoms with Crippen molar-refractivity contribution in [1.29, 1.82) is 0 Å². The predicted molar refractivity (Wildman–Crippen MR) is 83.8 cm³/mol. The highest BCUT2D eigenvalue weighted by molar-refractivity contribution is 9.11. The molecule has 0 bridgehead atoms. The molecule has 1 heterocycles. The zero-order valence-electron chi connectivity index (χ0n) is 10.6. The van der Waals surface area contributed by atoms with E-state index in [0.717, 1.165) is 6.07 Å². The molecule has 112 valence electrons. The van der Waals surface area contributed by atoms with Crippen molar-refractivity contribution >= 4 is 53.4 Å². The number of nitrogens with zero attached hydrogens (tertiary/aromatic N) is 2. The fourth-order valence-corrected chi connectivity index (χ4v) is 3.90. The monoisotopic (exact) mass is 438 g/mol. The van der Waals surface area contributed by atoms with Crippen LogP contribution in [0.1, 0.15) is 5.56 Å². The summed E-state index contributed by atoms with van der Waals surface area (Å²) in [7, 11) is -4.04. The molecule has 0 aliphatic carbocycles. The van der Waals surface area contributed by atoms with Crippen LogP contribution >= 0.6 is 31.9 Å². The molecule has 0 aliphatic rings. The Morgan fingerprint density at radius 2 is 2.00 bits per heavy atom. The summed E-state index contributed by atoms with van der Waals surface area (Å²) >= 11 is 6.20. The van der Waals surface area contributed by atoms with Crippen molar-refractivity contribution < 1.29 is 12.8 Å². The standard InChI is InChI=1S/C11H9Br2FN4O2S/c1-5-7(14)2-6(15)3-8(5)21(19,20)18-11-10(13)17-9(12)4-16-11/h2-4H,15H2,1H3,(H,16,18). The smallest absolute Gasteiger partial charge is 0.263 e. The van der Waals surface area contributed by atoms with Crippen molar-refractivity contribution in [3.05, 3.63) is 38.9 Å². The van der Waals surface area contributed by atoms with E-state index in [1.165, 1.54) is 19.2 Å². The lowest BCUT2D eigenvalue weighted by Gasteiger charge is -2.12. The Morgan fingerprint density at radius 3 is 2.62 bits per heavy atom. The molecule has 21 heavy (non-hydrogen) atoms. The second kappa shape index (κ2) is 5.85. The maximum Gasteiger partial charge on any atom is 0.263 e. The minimum atomic E-state index is -4.04. The van der Waals surface area contributed by atoms with Crippen molar-refractivity contribution in [3.8, 4) is 0 Å². The maximum absolute atomic E-state index is 13.6. The van der Waals surface area contributed by atoms with Crippen molar-refractivity contribution in [2.45, 2.75) is 11.8 Å².